The molecule has 1 N–H and O–H groups in total. The van der Waals surface area contributed by atoms with Crippen molar-refractivity contribution in [3.63, 3.8) is 0 Å². The van der Waals surface area contributed by atoms with Crippen LogP contribution < -0.4 is 5.32 Å². The van der Waals surface area contributed by atoms with E-state index in [9.17, 15) is 0 Å². The van der Waals surface area contributed by atoms with Crippen LogP contribution in [0.3, 0.4) is 0 Å². The molecule has 0 aliphatic carbocycles. The van der Waals surface area contributed by atoms with Crippen LogP contribution in [0, 0.1) is 6.92 Å². The van der Waals surface area contributed by atoms with Crippen molar-refractivity contribution in [2.75, 3.05) is 6.54 Å². The summed E-state index contributed by atoms with van der Waals surface area (Å²) < 4.78 is 1.18. The normalized spacial score (nSPS) is 12.6. The number of aryl methyl sites for hydroxylation is 2. The van der Waals surface area contributed by atoms with Gasteiger partial charge in [-0.1, -0.05) is 47.5 Å². The molecule has 2 aromatic rings. The van der Waals surface area contributed by atoms with Crippen LogP contribution in [0.4, 0.5) is 0 Å². The number of nitrogens with one attached hydrogen (secondary N) is 1. The third-order valence-corrected chi connectivity index (χ3v) is 5.20. The summed E-state index contributed by atoms with van der Waals surface area (Å²) in [5.41, 5.74) is 2.62. The van der Waals surface area contributed by atoms with Gasteiger partial charge in [-0.05, 0) is 43.7 Å². The minimum absolute atomic E-state index is 0.282. The molecule has 0 bridgehead atoms. The topological polar surface area (TPSA) is 12.0 Å². The third-order valence-electron chi connectivity index (χ3n) is 3.19. The monoisotopic (exact) mass is 337 g/mol. The van der Waals surface area contributed by atoms with Gasteiger partial charge < -0.3 is 5.32 Å². The lowest BCUT2D eigenvalue weighted by molar-refractivity contribution is 0.637. The van der Waals surface area contributed by atoms with Crippen LogP contribution in [0.15, 0.2) is 34.8 Å². The van der Waals surface area contributed by atoms with Gasteiger partial charge in [0, 0.05) is 14.2 Å². The van der Waals surface area contributed by atoms with Crippen molar-refractivity contribution in [3.8, 4) is 0 Å². The van der Waals surface area contributed by atoms with E-state index in [4.69, 9.17) is 0 Å². The number of halogens is 1. The van der Waals surface area contributed by atoms with Crippen LogP contribution in [0.2, 0.25) is 0 Å². The zero-order chi connectivity index (χ0) is 13.8. The van der Waals surface area contributed by atoms with E-state index in [1.54, 1.807) is 0 Å². The summed E-state index contributed by atoms with van der Waals surface area (Å²) >= 11 is 5.59. The lowest BCUT2D eigenvalue weighted by atomic mass is 10.0. The first-order valence-electron chi connectivity index (χ1n) is 6.73. The first kappa shape index (κ1) is 14.8. The van der Waals surface area contributed by atoms with E-state index in [0.29, 0.717) is 0 Å². The molecule has 0 saturated heterocycles. The van der Waals surface area contributed by atoms with Crippen molar-refractivity contribution in [1.82, 2.24) is 5.32 Å². The van der Waals surface area contributed by atoms with Crippen LogP contribution in [0.5, 0.6) is 0 Å². The zero-order valence-electron chi connectivity index (χ0n) is 11.7. The van der Waals surface area contributed by atoms with Gasteiger partial charge in [0.05, 0.1) is 6.04 Å². The molecule has 3 heteroatoms. The highest BCUT2D eigenvalue weighted by Crippen LogP contribution is 2.33. The number of hydrogen-bond donors (Lipinski definition) is 1. The van der Waals surface area contributed by atoms with E-state index in [-0.39, 0.29) is 6.04 Å². The molecule has 1 nitrogen and oxygen atoms in total. The van der Waals surface area contributed by atoms with E-state index >= 15 is 0 Å². The van der Waals surface area contributed by atoms with Gasteiger partial charge in [0.15, 0.2) is 0 Å². The largest absolute Gasteiger partial charge is 0.306 e. The fraction of sp³-hybridized carbons (Fsp3) is 0.375. The Labute approximate surface area is 128 Å². The summed E-state index contributed by atoms with van der Waals surface area (Å²) in [4.78, 5) is 2.84. The molecule has 0 aliphatic heterocycles. The predicted octanol–water partition coefficient (Wildman–Crippen LogP) is 5.08. The van der Waals surface area contributed by atoms with Gasteiger partial charge in [0.1, 0.15) is 0 Å². The molecule has 0 aliphatic rings. The molecule has 0 fully saturated rings. The van der Waals surface area contributed by atoms with E-state index in [1.807, 2.05) is 11.3 Å². The first-order chi connectivity index (χ1) is 9.15. The Kier molecular flexibility index (Phi) is 5.20. The van der Waals surface area contributed by atoms with E-state index in [2.05, 4.69) is 72.3 Å². The number of benzene rings is 1. The maximum Gasteiger partial charge on any atom is 0.0682 e. The molecule has 1 aromatic carbocycles. The highest BCUT2D eigenvalue weighted by atomic mass is 79.9. The highest BCUT2D eigenvalue weighted by Gasteiger charge is 2.17. The number of rotatable bonds is 5. The maximum atomic E-state index is 3.69. The zero-order valence-corrected chi connectivity index (χ0v) is 14.1. The highest BCUT2D eigenvalue weighted by molar-refractivity contribution is 9.10. The Morgan fingerprint density at radius 3 is 2.63 bits per heavy atom. The molecular weight excluding hydrogens is 318 g/mol. The Morgan fingerprint density at radius 1 is 1.21 bits per heavy atom. The molecule has 1 atom stereocenters. The molecular formula is C16H20BrNS. The average molecular weight is 338 g/mol. The molecule has 102 valence electrons. The molecule has 0 amide bonds. The predicted molar refractivity (Wildman–Crippen MR) is 88.1 cm³/mol. The third kappa shape index (κ3) is 3.47. The van der Waals surface area contributed by atoms with Gasteiger partial charge in [0.2, 0.25) is 0 Å². The quantitative estimate of drug-likeness (QED) is 0.802. The van der Waals surface area contributed by atoms with Crippen molar-refractivity contribution in [1.29, 1.82) is 0 Å². The van der Waals surface area contributed by atoms with Crippen molar-refractivity contribution in [3.05, 3.63) is 55.7 Å². The SMILES string of the molecule is CCNC(c1ccc(CC)s1)c1cc(C)ccc1Br. The molecule has 2 rings (SSSR count). The standard InChI is InChI=1S/C16H20BrNS/c1-4-12-7-9-15(19-12)16(18-5-2)13-10-11(3)6-8-14(13)17/h6-10,16,18H,4-5H2,1-3H3. The van der Waals surface area contributed by atoms with Crippen molar-refractivity contribution in [2.24, 2.45) is 0 Å². The summed E-state index contributed by atoms with van der Waals surface area (Å²) in [7, 11) is 0. The molecule has 0 saturated carbocycles. The second-order valence-corrected chi connectivity index (χ2v) is 6.73. The Balaban J connectivity index is 2.41. The lowest BCUT2D eigenvalue weighted by Crippen LogP contribution is -2.21. The smallest absolute Gasteiger partial charge is 0.0682 e. The fourth-order valence-corrected chi connectivity index (χ4v) is 3.71. The molecule has 0 spiro atoms. The van der Waals surface area contributed by atoms with Crippen LogP contribution in [0.25, 0.3) is 0 Å². The molecule has 19 heavy (non-hydrogen) atoms. The minimum Gasteiger partial charge on any atom is -0.306 e. The summed E-state index contributed by atoms with van der Waals surface area (Å²) in [6, 6.07) is 11.3. The summed E-state index contributed by atoms with van der Waals surface area (Å²) in [6.45, 7) is 7.47. The molecule has 1 unspecified atom stereocenters. The van der Waals surface area contributed by atoms with Gasteiger partial charge in [-0.25, -0.2) is 0 Å². The average Bonchev–Trinajstić information content (AvgIpc) is 2.88. The van der Waals surface area contributed by atoms with Gasteiger partial charge in [-0.2, -0.15) is 0 Å². The summed E-state index contributed by atoms with van der Waals surface area (Å²) in [5, 5.41) is 3.60. The lowest BCUT2D eigenvalue weighted by Gasteiger charge is -2.19. The van der Waals surface area contributed by atoms with Crippen LogP contribution >= 0.6 is 27.3 Å². The Hall–Kier alpha value is -0.640. The van der Waals surface area contributed by atoms with Crippen molar-refractivity contribution >= 4 is 27.3 Å². The Bertz CT molecular complexity index is 547. The molecule has 1 aromatic heterocycles. The fourth-order valence-electron chi connectivity index (χ4n) is 2.19. The van der Waals surface area contributed by atoms with Gasteiger partial charge in [-0.15, -0.1) is 11.3 Å². The van der Waals surface area contributed by atoms with Crippen LogP contribution in [0.1, 0.15) is 40.8 Å². The Morgan fingerprint density at radius 2 is 2.00 bits per heavy atom. The summed E-state index contributed by atoms with van der Waals surface area (Å²) in [6.07, 6.45) is 1.11. The van der Waals surface area contributed by atoms with E-state index in [0.717, 1.165) is 13.0 Å². The first-order valence-corrected chi connectivity index (χ1v) is 8.34. The van der Waals surface area contributed by atoms with E-state index < -0.39 is 0 Å². The van der Waals surface area contributed by atoms with E-state index in [1.165, 1.54) is 25.4 Å². The maximum absolute atomic E-state index is 3.69. The van der Waals surface area contributed by atoms with Gasteiger partial charge in [-0.3, -0.25) is 0 Å². The second-order valence-electron chi connectivity index (χ2n) is 4.67. The minimum atomic E-state index is 0.282. The van der Waals surface area contributed by atoms with Crippen LogP contribution in [-0.4, -0.2) is 6.54 Å². The van der Waals surface area contributed by atoms with Crippen molar-refractivity contribution < 1.29 is 0 Å². The number of hydrogen-bond acceptors (Lipinski definition) is 2. The van der Waals surface area contributed by atoms with Crippen LogP contribution in [-0.2, 0) is 6.42 Å². The summed E-state index contributed by atoms with van der Waals surface area (Å²) in [5.74, 6) is 0. The molecule has 0 radical (unpaired) electrons. The number of thiophene rings is 1. The van der Waals surface area contributed by atoms with Crippen molar-refractivity contribution in [2.45, 2.75) is 33.2 Å². The molecule has 1 heterocycles. The van der Waals surface area contributed by atoms with Gasteiger partial charge >= 0.3 is 0 Å². The second kappa shape index (κ2) is 6.69. The van der Waals surface area contributed by atoms with Gasteiger partial charge in [0.25, 0.3) is 0 Å².